The average molecular weight is 298 g/mol. The number of halogens is 3. The van der Waals surface area contributed by atoms with Crippen LogP contribution in [0.1, 0.15) is 19.3 Å². The van der Waals surface area contributed by atoms with E-state index in [1.807, 2.05) is 0 Å². The van der Waals surface area contributed by atoms with Gasteiger partial charge in [0.2, 0.25) is 0 Å². The minimum atomic E-state index is 0.0257. The Labute approximate surface area is 116 Å². The van der Waals surface area contributed by atoms with Gasteiger partial charge in [-0.05, 0) is 31.1 Å². The van der Waals surface area contributed by atoms with Gasteiger partial charge in [-0.25, -0.2) is 0 Å². The lowest BCUT2D eigenvalue weighted by Gasteiger charge is -2.39. The molecule has 2 saturated carbocycles. The maximum atomic E-state index is 6.52. The van der Waals surface area contributed by atoms with Gasteiger partial charge in [-0.1, -0.05) is 0 Å². The van der Waals surface area contributed by atoms with E-state index in [4.69, 9.17) is 44.3 Å². The number of hydrogen-bond acceptors (Lipinski definition) is 2. The zero-order valence-corrected chi connectivity index (χ0v) is 11.5. The van der Waals surface area contributed by atoms with Crippen LogP contribution in [0.15, 0.2) is 0 Å². The van der Waals surface area contributed by atoms with E-state index in [0.717, 1.165) is 19.3 Å². The Kier molecular flexibility index (Phi) is 2.66. The van der Waals surface area contributed by atoms with E-state index < -0.39 is 0 Å². The molecule has 0 radical (unpaired) electrons. The zero-order chi connectivity index (χ0) is 11.7. The topological polar surface area (TPSA) is 25.1 Å². The molecule has 9 atom stereocenters. The number of alkyl halides is 3. The van der Waals surface area contributed by atoms with Gasteiger partial charge in [-0.3, -0.25) is 0 Å². The Morgan fingerprint density at radius 3 is 2.29 bits per heavy atom. The molecule has 0 N–H and O–H groups in total. The third-order valence-corrected chi connectivity index (χ3v) is 6.30. The first-order valence-corrected chi connectivity index (χ1v) is 7.69. The summed E-state index contributed by atoms with van der Waals surface area (Å²) >= 11 is 19.5. The second kappa shape index (κ2) is 3.89. The fraction of sp³-hybridized carbons (Fsp3) is 1.00. The number of ether oxygens (including phenoxy) is 2. The highest BCUT2D eigenvalue weighted by Crippen LogP contribution is 2.53. The Balaban J connectivity index is 1.55. The van der Waals surface area contributed by atoms with Crippen molar-refractivity contribution < 1.29 is 9.47 Å². The molecule has 4 rings (SSSR count). The smallest absolute Gasteiger partial charge is 0.101 e. The van der Waals surface area contributed by atoms with Crippen molar-refractivity contribution in [2.24, 2.45) is 11.8 Å². The van der Waals surface area contributed by atoms with Crippen molar-refractivity contribution in [3.05, 3.63) is 0 Å². The predicted molar refractivity (Wildman–Crippen MR) is 67.1 cm³/mol. The Bertz CT molecular complexity index is 340. The standard InChI is InChI=1S/C12H15Cl3O2/c13-5-2-8-7(16-8)1-4(5)10-6(14)3-9-12(17-9)11(10)15/h4-12H,1-3H2. The molecule has 9 unspecified atom stereocenters. The summed E-state index contributed by atoms with van der Waals surface area (Å²) in [5.41, 5.74) is 0. The van der Waals surface area contributed by atoms with Crippen molar-refractivity contribution in [3.63, 3.8) is 0 Å². The van der Waals surface area contributed by atoms with Gasteiger partial charge in [0.1, 0.15) is 6.10 Å². The Morgan fingerprint density at radius 1 is 0.765 bits per heavy atom. The summed E-state index contributed by atoms with van der Waals surface area (Å²) < 4.78 is 11.1. The summed E-state index contributed by atoms with van der Waals surface area (Å²) in [7, 11) is 0. The number of fused-ring (bicyclic) bond motifs is 2. The fourth-order valence-corrected chi connectivity index (χ4v) is 5.36. The lowest BCUT2D eigenvalue weighted by molar-refractivity contribution is 0.229. The van der Waals surface area contributed by atoms with Crippen molar-refractivity contribution in [1.82, 2.24) is 0 Å². The normalized spacial score (nSPS) is 64.8. The molecule has 0 aromatic rings. The Hall–Kier alpha value is 0.790. The first-order chi connectivity index (χ1) is 8.15. The second-order valence-electron chi connectivity index (χ2n) is 5.78. The Morgan fingerprint density at radius 2 is 1.47 bits per heavy atom. The van der Waals surface area contributed by atoms with Crippen LogP contribution in [0.5, 0.6) is 0 Å². The minimum Gasteiger partial charge on any atom is -0.370 e. The number of epoxide rings is 2. The van der Waals surface area contributed by atoms with Gasteiger partial charge in [0.05, 0.1) is 23.7 Å². The molecule has 96 valence electrons. The summed E-state index contributed by atoms with van der Waals surface area (Å²) in [6, 6.07) is 0. The number of rotatable bonds is 1. The molecule has 0 aromatic carbocycles. The summed E-state index contributed by atoms with van der Waals surface area (Å²) in [6.45, 7) is 0. The highest BCUT2D eigenvalue weighted by Gasteiger charge is 2.59. The van der Waals surface area contributed by atoms with Crippen LogP contribution < -0.4 is 0 Å². The van der Waals surface area contributed by atoms with Crippen LogP contribution in [-0.4, -0.2) is 40.5 Å². The van der Waals surface area contributed by atoms with Crippen LogP contribution in [-0.2, 0) is 9.47 Å². The molecule has 2 aliphatic heterocycles. The van der Waals surface area contributed by atoms with E-state index in [1.54, 1.807) is 0 Å². The summed E-state index contributed by atoms with van der Waals surface area (Å²) in [4.78, 5) is 0. The van der Waals surface area contributed by atoms with Crippen LogP contribution >= 0.6 is 34.8 Å². The van der Waals surface area contributed by atoms with Crippen molar-refractivity contribution in [1.29, 1.82) is 0 Å². The van der Waals surface area contributed by atoms with Crippen LogP contribution in [0.25, 0.3) is 0 Å². The molecular weight excluding hydrogens is 282 g/mol. The SMILES string of the molecule is ClC1CC2OC2CC1C1C(Cl)CC2OC2C1Cl. The van der Waals surface area contributed by atoms with E-state index in [9.17, 15) is 0 Å². The minimum absolute atomic E-state index is 0.0257. The largest absolute Gasteiger partial charge is 0.370 e. The van der Waals surface area contributed by atoms with Crippen molar-refractivity contribution in [2.75, 3.05) is 0 Å². The van der Waals surface area contributed by atoms with E-state index >= 15 is 0 Å². The van der Waals surface area contributed by atoms with Gasteiger partial charge >= 0.3 is 0 Å². The molecule has 2 aliphatic carbocycles. The molecular formula is C12H15Cl3O2. The van der Waals surface area contributed by atoms with Crippen LogP contribution in [0.3, 0.4) is 0 Å². The van der Waals surface area contributed by atoms with E-state index in [2.05, 4.69) is 0 Å². The maximum Gasteiger partial charge on any atom is 0.101 e. The molecule has 5 heteroatoms. The third kappa shape index (κ3) is 1.83. The molecule has 17 heavy (non-hydrogen) atoms. The highest BCUT2D eigenvalue weighted by atomic mass is 35.5. The van der Waals surface area contributed by atoms with Gasteiger partial charge in [0.25, 0.3) is 0 Å². The van der Waals surface area contributed by atoms with Gasteiger partial charge in [-0.2, -0.15) is 0 Å². The molecule has 0 amide bonds. The predicted octanol–water partition coefficient (Wildman–Crippen LogP) is 2.77. The van der Waals surface area contributed by atoms with Gasteiger partial charge in [0.15, 0.2) is 0 Å². The van der Waals surface area contributed by atoms with E-state index in [-0.39, 0.29) is 28.2 Å². The highest BCUT2D eigenvalue weighted by molar-refractivity contribution is 6.25. The molecule has 4 aliphatic rings. The summed E-state index contributed by atoms with van der Waals surface area (Å²) in [6.07, 6.45) is 4.25. The first-order valence-electron chi connectivity index (χ1n) is 6.38. The van der Waals surface area contributed by atoms with Crippen molar-refractivity contribution in [2.45, 2.75) is 59.8 Å². The van der Waals surface area contributed by atoms with Crippen LogP contribution in [0.4, 0.5) is 0 Å². The fourth-order valence-electron chi connectivity index (χ4n) is 3.73. The monoisotopic (exact) mass is 296 g/mol. The second-order valence-corrected chi connectivity index (χ2v) is 7.40. The summed E-state index contributed by atoms with van der Waals surface area (Å²) in [5, 5.41) is 0.280. The molecule has 0 spiro atoms. The summed E-state index contributed by atoms with van der Waals surface area (Å²) in [5.74, 6) is 0.658. The molecule has 0 bridgehead atoms. The number of hydrogen-bond donors (Lipinski definition) is 0. The van der Waals surface area contributed by atoms with Crippen LogP contribution in [0, 0.1) is 11.8 Å². The van der Waals surface area contributed by atoms with Gasteiger partial charge in [0, 0.05) is 10.8 Å². The quantitative estimate of drug-likeness (QED) is 0.549. The molecule has 2 heterocycles. The van der Waals surface area contributed by atoms with Crippen molar-refractivity contribution >= 4 is 34.8 Å². The lowest BCUT2D eigenvalue weighted by atomic mass is 9.72. The third-order valence-electron chi connectivity index (χ3n) is 4.79. The van der Waals surface area contributed by atoms with Crippen molar-refractivity contribution in [3.8, 4) is 0 Å². The average Bonchev–Trinajstić information content (AvgIpc) is 3.12. The maximum absolute atomic E-state index is 6.52. The first kappa shape index (κ1) is 11.6. The van der Waals surface area contributed by atoms with Crippen LogP contribution in [0.2, 0.25) is 0 Å². The van der Waals surface area contributed by atoms with Gasteiger partial charge < -0.3 is 9.47 Å². The molecule has 4 fully saturated rings. The molecule has 2 nitrogen and oxygen atoms in total. The zero-order valence-electron chi connectivity index (χ0n) is 9.27. The van der Waals surface area contributed by atoms with Gasteiger partial charge in [-0.15, -0.1) is 34.8 Å². The molecule has 2 saturated heterocycles. The van der Waals surface area contributed by atoms with E-state index in [1.165, 1.54) is 0 Å². The van der Waals surface area contributed by atoms with E-state index in [0.29, 0.717) is 24.2 Å². The lowest BCUT2D eigenvalue weighted by Crippen LogP contribution is -2.45. The molecule has 0 aromatic heterocycles.